The summed E-state index contributed by atoms with van der Waals surface area (Å²) in [6.45, 7) is 8.50. The highest BCUT2D eigenvalue weighted by Crippen LogP contribution is 2.34. The van der Waals surface area contributed by atoms with Crippen LogP contribution in [-0.2, 0) is 17.8 Å². The van der Waals surface area contributed by atoms with Gasteiger partial charge in [0.2, 0.25) is 0 Å². The third-order valence-corrected chi connectivity index (χ3v) is 5.37. The topological polar surface area (TPSA) is 81.2 Å². The molecule has 0 fully saturated rings. The number of furan rings is 1. The number of allylic oxidation sites excluding steroid dienone is 2. The second-order valence-corrected chi connectivity index (χ2v) is 7.27. The molecule has 27 heavy (non-hydrogen) atoms. The van der Waals surface area contributed by atoms with Gasteiger partial charge in [0.25, 0.3) is 5.91 Å². The molecule has 0 spiro atoms. The van der Waals surface area contributed by atoms with Crippen LogP contribution in [0.25, 0.3) is 0 Å². The Morgan fingerprint density at radius 1 is 1.30 bits per heavy atom. The van der Waals surface area contributed by atoms with Crippen LogP contribution in [0.2, 0.25) is 0 Å². The lowest BCUT2D eigenvalue weighted by Crippen LogP contribution is -2.25. The monoisotopic (exact) mass is 365 g/mol. The zero-order chi connectivity index (χ0) is 19.6. The number of carbonyl (C=O) groups is 1. The lowest BCUT2D eigenvalue weighted by molar-refractivity contribution is -0.117. The van der Waals surface area contributed by atoms with E-state index >= 15 is 0 Å². The van der Waals surface area contributed by atoms with Gasteiger partial charge in [-0.25, -0.2) is 4.98 Å². The molecule has 1 unspecified atom stereocenters. The van der Waals surface area contributed by atoms with E-state index in [1.54, 1.807) is 6.26 Å². The molecule has 3 N–H and O–H groups in total. The number of aromatic nitrogens is 1. The van der Waals surface area contributed by atoms with Gasteiger partial charge in [0.15, 0.2) is 0 Å². The Kier molecular flexibility index (Phi) is 5.49. The fourth-order valence-electron chi connectivity index (χ4n) is 3.82. The standard InChI is InChI=1S/C22H27N3O2/c1-13-10-19(15(3)18(13)8-7-17-6-5-9-27-17)22(26)24-12-20-14(2)11-21(23)25-16(20)4/h5-6,9-11,18H,7-8,12H2,1-4H3,(H2,23,25)(H,24,26). The van der Waals surface area contributed by atoms with Crippen LogP contribution < -0.4 is 11.1 Å². The van der Waals surface area contributed by atoms with Gasteiger partial charge in [-0.3, -0.25) is 4.79 Å². The summed E-state index contributed by atoms with van der Waals surface area (Å²) in [5, 5.41) is 3.04. The van der Waals surface area contributed by atoms with E-state index in [1.165, 1.54) is 5.57 Å². The van der Waals surface area contributed by atoms with E-state index in [-0.39, 0.29) is 11.8 Å². The second-order valence-electron chi connectivity index (χ2n) is 7.27. The Morgan fingerprint density at radius 3 is 2.74 bits per heavy atom. The Hall–Kier alpha value is -2.82. The number of anilines is 1. The molecule has 5 heteroatoms. The van der Waals surface area contributed by atoms with Crippen molar-refractivity contribution in [1.82, 2.24) is 10.3 Å². The molecule has 1 amide bonds. The molecule has 0 saturated carbocycles. The molecule has 2 heterocycles. The van der Waals surface area contributed by atoms with Crippen molar-refractivity contribution in [1.29, 1.82) is 0 Å². The van der Waals surface area contributed by atoms with Crippen molar-refractivity contribution in [2.45, 2.75) is 47.1 Å². The maximum absolute atomic E-state index is 12.8. The molecule has 5 nitrogen and oxygen atoms in total. The van der Waals surface area contributed by atoms with E-state index in [0.717, 1.165) is 46.6 Å². The maximum atomic E-state index is 12.8. The van der Waals surface area contributed by atoms with Gasteiger partial charge >= 0.3 is 0 Å². The number of pyridine rings is 1. The number of nitrogens with two attached hydrogens (primary N) is 1. The normalized spacial score (nSPS) is 16.6. The number of rotatable bonds is 6. The first-order valence-corrected chi connectivity index (χ1v) is 9.29. The van der Waals surface area contributed by atoms with Crippen LogP contribution in [-0.4, -0.2) is 10.9 Å². The Bertz CT molecular complexity index is 885. The van der Waals surface area contributed by atoms with Crippen molar-refractivity contribution in [3.8, 4) is 0 Å². The minimum Gasteiger partial charge on any atom is -0.469 e. The molecule has 142 valence electrons. The first kappa shape index (κ1) is 19.0. The number of aryl methyl sites for hydroxylation is 3. The first-order chi connectivity index (χ1) is 12.9. The highest BCUT2D eigenvalue weighted by molar-refractivity contribution is 5.98. The highest BCUT2D eigenvalue weighted by atomic mass is 16.3. The summed E-state index contributed by atoms with van der Waals surface area (Å²) >= 11 is 0. The predicted octanol–water partition coefficient (Wildman–Crippen LogP) is 4.02. The third kappa shape index (κ3) is 4.13. The predicted molar refractivity (Wildman–Crippen MR) is 107 cm³/mol. The highest BCUT2D eigenvalue weighted by Gasteiger charge is 2.26. The van der Waals surface area contributed by atoms with E-state index in [9.17, 15) is 4.79 Å². The number of carbonyl (C=O) groups excluding carboxylic acids is 1. The third-order valence-electron chi connectivity index (χ3n) is 5.37. The molecular formula is C22H27N3O2. The van der Waals surface area contributed by atoms with Crippen molar-refractivity contribution in [2.75, 3.05) is 5.73 Å². The van der Waals surface area contributed by atoms with Gasteiger partial charge < -0.3 is 15.5 Å². The van der Waals surface area contributed by atoms with Gasteiger partial charge in [0, 0.05) is 30.2 Å². The average Bonchev–Trinajstić information content (AvgIpc) is 3.20. The molecule has 0 saturated heterocycles. The van der Waals surface area contributed by atoms with E-state index in [0.29, 0.717) is 12.4 Å². The molecule has 1 atom stereocenters. The molecule has 0 radical (unpaired) electrons. The summed E-state index contributed by atoms with van der Waals surface area (Å²) in [7, 11) is 0. The van der Waals surface area contributed by atoms with Gasteiger partial charge in [-0.2, -0.15) is 0 Å². The number of nitrogens with one attached hydrogen (secondary N) is 1. The summed E-state index contributed by atoms with van der Waals surface area (Å²) < 4.78 is 5.43. The van der Waals surface area contributed by atoms with Crippen LogP contribution in [0, 0.1) is 19.8 Å². The number of nitrogens with zero attached hydrogens (tertiary/aromatic N) is 1. The van der Waals surface area contributed by atoms with Crippen molar-refractivity contribution < 1.29 is 9.21 Å². The molecule has 0 aromatic carbocycles. The summed E-state index contributed by atoms with van der Waals surface area (Å²) in [4.78, 5) is 17.1. The quantitative estimate of drug-likeness (QED) is 0.810. The van der Waals surface area contributed by atoms with Crippen molar-refractivity contribution in [2.24, 2.45) is 5.92 Å². The molecule has 3 rings (SSSR count). The van der Waals surface area contributed by atoms with E-state index in [2.05, 4.69) is 24.1 Å². The minimum absolute atomic E-state index is 0.0389. The summed E-state index contributed by atoms with van der Waals surface area (Å²) in [6, 6.07) is 5.74. The smallest absolute Gasteiger partial charge is 0.251 e. The van der Waals surface area contributed by atoms with Crippen LogP contribution in [0.1, 0.15) is 42.8 Å². The number of amides is 1. The zero-order valence-electron chi connectivity index (χ0n) is 16.4. The van der Waals surface area contributed by atoms with Crippen molar-refractivity contribution in [3.05, 3.63) is 69.8 Å². The first-order valence-electron chi connectivity index (χ1n) is 9.29. The maximum Gasteiger partial charge on any atom is 0.251 e. The summed E-state index contributed by atoms with van der Waals surface area (Å²) in [5.74, 6) is 1.74. The number of nitrogen functional groups attached to an aromatic ring is 1. The van der Waals surface area contributed by atoms with Crippen LogP contribution in [0.4, 0.5) is 5.82 Å². The molecular weight excluding hydrogens is 338 g/mol. The summed E-state index contributed by atoms with van der Waals surface area (Å²) in [6.07, 6.45) is 5.52. The summed E-state index contributed by atoms with van der Waals surface area (Å²) in [5.41, 5.74) is 11.8. The van der Waals surface area contributed by atoms with Crippen LogP contribution in [0.15, 0.2) is 51.7 Å². The van der Waals surface area contributed by atoms with Gasteiger partial charge in [0.1, 0.15) is 11.6 Å². The van der Waals surface area contributed by atoms with Gasteiger partial charge in [-0.15, -0.1) is 0 Å². The van der Waals surface area contributed by atoms with Crippen molar-refractivity contribution >= 4 is 11.7 Å². The van der Waals surface area contributed by atoms with Crippen LogP contribution in [0.5, 0.6) is 0 Å². The fraction of sp³-hybridized carbons (Fsp3) is 0.364. The molecule has 2 aromatic heterocycles. The zero-order valence-corrected chi connectivity index (χ0v) is 16.4. The number of hydrogen-bond acceptors (Lipinski definition) is 4. The SMILES string of the molecule is CC1=CC(C(=O)NCc2c(C)cc(N)nc2C)=C(C)C1CCc1ccco1. The Morgan fingerprint density at radius 2 is 2.07 bits per heavy atom. The van der Waals surface area contributed by atoms with E-state index < -0.39 is 0 Å². The van der Waals surface area contributed by atoms with Crippen LogP contribution >= 0.6 is 0 Å². The van der Waals surface area contributed by atoms with Gasteiger partial charge in [-0.05, 0) is 69.5 Å². The molecule has 0 bridgehead atoms. The lowest BCUT2D eigenvalue weighted by atomic mass is 9.91. The Balaban J connectivity index is 1.67. The van der Waals surface area contributed by atoms with Gasteiger partial charge in [0.05, 0.1) is 6.26 Å². The number of hydrogen-bond donors (Lipinski definition) is 2. The van der Waals surface area contributed by atoms with E-state index in [1.807, 2.05) is 38.1 Å². The molecule has 1 aliphatic rings. The fourth-order valence-corrected chi connectivity index (χ4v) is 3.82. The Labute approximate surface area is 160 Å². The molecule has 1 aliphatic carbocycles. The van der Waals surface area contributed by atoms with Crippen LogP contribution in [0.3, 0.4) is 0 Å². The average molecular weight is 365 g/mol. The van der Waals surface area contributed by atoms with Crippen molar-refractivity contribution in [3.63, 3.8) is 0 Å². The molecule has 2 aromatic rings. The van der Waals surface area contributed by atoms with Gasteiger partial charge in [-0.1, -0.05) is 11.1 Å². The second kappa shape index (κ2) is 7.82. The molecule has 0 aliphatic heterocycles. The largest absolute Gasteiger partial charge is 0.469 e. The van der Waals surface area contributed by atoms with E-state index in [4.69, 9.17) is 10.2 Å². The lowest BCUT2D eigenvalue weighted by Gasteiger charge is -2.15. The minimum atomic E-state index is -0.0389.